The van der Waals surface area contributed by atoms with Gasteiger partial charge in [0, 0.05) is 34.4 Å². The van der Waals surface area contributed by atoms with Crippen LogP contribution in [0.2, 0.25) is 0 Å². The van der Waals surface area contributed by atoms with Gasteiger partial charge in [0.05, 0.1) is 0 Å². The fourth-order valence-corrected chi connectivity index (χ4v) is 3.85. The van der Waals surface area contributed by atoms with Crippen molar-refractivity contribution in [2.75, 3.05) is 11.5 Å². The molecular formula is C14H21NOS. The molecule has 3 heteroatoms. The first-order chi connectivity index (χ1) is 8.10. The Morgan fingerprint density at radius 1 is 1.29 bits per heavy atom. The van der Waals surface area contributed by atoms with Crippen molar-refractivity contribution in [3.63, 3.8) is 0 Å². The fourth-order valence-electron chi connectivity index (χ4n) is 2.27. The third kappa shape index (κ3) is 2.96. The second kappa shape index (κ2) is 5.32. The largest absolute Gasteiger partial charge is 0.305 e. The van der Waals surface area contributed by atoms with E-state index < -0.39 is 10.8 Å². The number of hydrogen-bond donors (Lipinski definition) is 1. The Labute approximate surface area is 106 Å². The lowest BCUT2D eigenvalue weighted by Crippen LogP contribution is -2.44. The summed E-state index contributed by atoms with van der Waals surface area (Å²) in [6.45, 7) is 6.41. The summed E-state index contributed by atoms with van der Waals surface area (Å²) in [5.41, 5.74) is 3.91. The van der Waals surface area contributed by atoms with Crippen molar-refractivity contribution in [2.45, 2.75) is 39.3 Å². The highest BCUT2D eigenvalue weighted by atomic mass is 32.2. The number of nitrogens with one attached hydrogen (secondary N) is 1. The molecule has 1 N–H and O–H groups in total. The molecule has 1 aliphatic rings. The molecule has 0 bridgehead atoms. The smallest absolute Gasteiger partial charge is 0.0439 e. The lowest BCUT2D eigenvalue weighted by atomic mass is 10.0. The lowest BCUT2D eigenvalue weighted by molar-refractivity contribution is 0.456. The summed E-state index contributed by atoms with van der Waals surface area (Å²) in [5, 5.41) is 3.60. The minimum Gasteiger partial charge on any atom is -0.305 e. The average molecular weight is 251 g/mol. The Balaban J connectivity index is 2.20. The van der Waals surface area contributed by atoms with E-state index >= 15 is 0 Å². The van der Waals surface area contributed by atoms with Gasteiger partial charge in [0.1, 0.15) is 0 Å². The van der Waals surface area contributed by atoms with Crippen LogP contribution >= 0.6 is 0 Å². The molecule has 1 aliphatic heterocycles. The quantitative estimate of drug-likeness (QED) is 0.875. The van der Waals surface area contributed by atoms with Gasteiger partial charge in [-0.15, -0.1) is 0 Å². The van der Waals surface area contributed by atoms with Gasteiger partial charge >= 0.3 is 0 Å². The summed E-state index contributed by atoms with van der Waals surface area (Å²) in [6.07, 6.45) is 1.05. The van der Waals surface area contributed by atoms with Crippen LogP contribution in [-0.4, -0.2) is 21.8 Å². The minimum absolute atomic E-state index is 0.258. The fraction of sp³-hybridized carbons (Fsp3) is 0.571. The standard InChI is InChI=1S/C14H21NOS/c1-4-13-8-17(16)9-14(15-13)12-6-5-10(2)11(3)7-12/h5-7,13-15H,4,8-9H2,1-3H3. The van der Waals surface area contributed by atoms with Crippen molar-refractivity contribution in [3.05, 3.63) is 34.9 Å². The zero-order valence-corrected chi connectivity index (χ0v) is 11.6. The summed E-state index contributed by atoms with van der Waals surface area (Å²) in [6, 6.07) is 7.20. The molecular weight excluding hydrogens is 230 g/mol. The van der Waals surface area contributed by atoms with Crippen molar-refractivity contribution < 1.29 is 4.21 Å². The summed E-state index contributed by atoms with van der Waals surface area (Å²) in [5.74, 6) is 1.55. The summed E-state index contributed by atoms with van der Waals surface area (Å²) in [7, 11) is -0.675. The van der Waals surface area contributed by atoms with E-state index in [1.165, 1.54) is 16.7 Å². The molecule has 3 unspecified atom stereocenters. The van der Waals surface area contributed by atoms with Crippen LogP contribution in [0.5, 0.6) is 0 Å². The molecule has 1 heterocycles. The second-order valence-electron chi connectivity index (χ2n) is 4.94. The molecule has 1 aromatic rings. The van der Waals surface area contributed by atoms with Crippen molar-refractivity contribution in [1.29, 1.82) is 0 Å². The van der Waals surface area contributed by atoms with Gasteiger partial charge in [-0.1, -0.05) is 25.1 Å². The molecule has 0 radical (unpaired) electrons. The zero-order valence-electron chi connectivity index (χ0n) is 10.8. The summed E-state index contributed by atoms with van der Waals surface area (Å²) < 4.78 is 11.8. The molecule has 1 fully saturated rings. The monoisotopic (exact) mass is 251 g/mol. The van der Waals surface area contributed by atoms with Gasteiger partial charge in [-0.25, -0.2) is 0 Å². The van der Waals surface area contributed by atoms with Crippen LogP contribution in [0.15, 0.2) is 18.2 Å². The molecule has 0 aromatic heterocycles. The van der Waals surface area contributed by atoms with Crippen molar-refractivity contribution in [2.24, 2.45) is 0 Å². The van der Waals surface area contributed by atoms with Crippen LogP contribution in [0, 0.1) is 13.8 Å². The Bertz CT molecular complexity index is 430. The number of rotatable bonds is 2. The van der Waals surface area contributed by atoms with Gasteiger partial charge in [0.2, 0.25) is 0 Å². The zero-order chi connectivity index (χ0) is 12.4. The van der Waals surface area contributed by atoms with E-state index in [0.29, 0.717) is 6.04 Å². The number of aryl methyl sites for hydroxylation is 2. The van der Waals surface area contributed by atoms with Crippen LogP contribution < -0.4 is 5.32 Å². The van der Waals surface area contributed by atoms with Crippen molar-refractivity contribution in [3.8, 4) is 0 Å². The van der Waals surface area contributed by atoms with Crippen molar-refractivity contribution >= 4 is 10.8 Å². The highest BCUT2D eigenvalue weighted by Gasteiger charge is 2.25. The molecule has 0 spiro atoms. The van der Waals surface area contributed by atoms with Crippen LogP contribution in [0.4, 0.5) is 0 Å². The third-order valence-corrected chi connectivity index (χ3v) is 5.08. The number of hydrogen-bond acceptors (Lipinski definition) is 2. The van der Waals surface area contributed by atoms with Gasteiger partial charge in [0.25, 0.3) is 0 Å². The molecule has 2 rings (SSSR count). The normalized spacial score (nSPS) is 29.2. The highest BCUT2D eigenvalue weighted by Crippen LogP contribution is 2.22. The van der Waals surface area contributed by atoms with Crippen molar-refractivity contribution in [1.82, 2.24) is 5.32 Å². The first kappa shape index (κ1) is 12.8. The molecule has 94 valence electrons. The van der Waals surface area contributed by atoms with E-state index in [4.69, 9.17) is 0 Å². The molecule has 1 saturated heterocycles. The summed E-state index contributed by atoms with van der Waals surface area (Å²) in [4.78, 5) is 0. The van der Waals surface area contributed by atoms with Crippen LogP contribution in [0.3, 0.4) is 0 Å². The lowest BCUT2D eigenvalue weighted by Gasteiger charge is -2.30. The maximum atomic E-state index is 11.8. The van der Waals surface area contributed by atoms with Gasteiger partial charge < -0.3 is 5.32 Å². The average Bonchev–Trinajstić information content (AvgIpc) is 2.32. The van der Waals surface area contributed by atoms with Crippen LogP contribution in [0.25, 0.3) is 0 Å². The summed E-state index contributed by atoms with van der Waals surface area (Å²) >= 11 is 0. The first-order valence-electron chi connectivity index (χ1n) is 6.28. The minimum atomic E-state index is -0.675. The van der Waals surface area contributed by atoms with Gasteiger partial charge in [-0.05, 0) is 37.0 Å². The maximum Gasteiger partial charge on any atom is 0.0439 e. The Morgan fingerprint density at radius 2 is 2.06 bits per heavy atom. The SMILES string of the molecule is CCC1CS(=O)CC(c2ccc(C)c(C)c2)N1. The highest BCUT2D eigenvalue weighted by molar-refractivity contribution is 7.85. The Morgan fingerprint density at radius 3 is 2.71 bits per heavy atom. The van der Waals surface area contributed by atoms with E-state index in [9.17, 15) is 4.21 Å². The van der Waals surface area contributed by atoms with E-state index in [1.54, 1.807) is 0 Å². The predicted octanol–water partition coefficient (Wildman–Crippen LogP) is 2.48. The van der Waals surface area contributed by atoms with E-state index in [1.807, 2.05) is 0 Å². The molecule has 17 heavy (non-hydrogen) atoms. The van der Waals surface area contributed by atoms with E-state index in [0.717, 1.165) is 17.9 Å². The maximum absolute atomic E-state index is 11.8. The Kier molecular flexibility index (Phi) is 4.00. The second-order valence-corrected chi connectivity index (χ2v) is 6.49. The first-order valence-corrected chi connectivity index (χ1v) is 7.77. The molecule has 2 nitrogen and oxygen atoms in total. The number of benzene rings is 1. The topological polar surface area (TPSA) is 29.1 Å². The van der Waals surface area contributed by atoms with E-state index in [-0.39, 0.29) is 6.04 Å². The van der Waals surface area contributed by atoms with Gasteiger partial charge in [-0.3, -0.25) is 4.21 Å². The van der Waals surface area contributed by atoms with E-state index in [2.05, 4.69) is 44.3 Å². The van der Waals surface area contributed by atoms with Gasteiger partial charge in [0.15, 0.2) is 0 Å². The molecule has 3 atom stereocenters. The molecule has 0 aliphatic carbocycles. The van der Waals surface area contributed by atoms with Gasteiger partial charge in [-0.2, -0.15) is 0 Å². The predicted molar refractivity (Wildman–Crippen MR) is 73.7 cm³/mol. The Hall–Kier alpha value is -0.670. The molecule has 0 saturated carbocycles. The van der Waals surface area contributed by atoms with Crippen LogP contribution in [0.1, 0.15) is 36.1 Å². The molecule has 0 amide bonds. The van der Waals surface area contributed by atoms with Crippen LogP contribution in [-0.2, 0) is 10.8 Å². The third-order valence-electron chi connectivity index (χ3n) is 3.60. The molecule has 1 aromatic carbocycles.